The van der Waals surface area contributed by atoms with Gasteiger partial charge in [-0.3, -0.25) is 4.68 Å². The van der Waals surface area contributed by atoms with E-state index in [1.165, 1.54) is 12.3 Å². The van der Waals surface area contributed by atoms with Crippen LogP contribution in [0.3, 0.4) is 0 Å². The smallest absolute Gasteiger partial charge is 0.242 e. The Bertz CT molecular complexity index is 703. The van der Waals surface area contributed by atoms with Gasteiger partial charge in [-0.05, 0) is 18.9 Å². The molecular formula is C12H17N5O3S. The first-order valence-electron chi connectivity index (χ1n) is 6.75. The van der Waals surface area contributed by atoms with Gasteiger partial charge in [-0.2, -0.15) is 0 Å². The molecule has 0 bridgehead atoms. The molecule has 1 aliphatic rings. The number of aromatic nitrogens is 4. The third-order valence-corrected chi connectivity index (χ3v) is 4.85. The Morgan fingerprint density at radius 2 is 2.24 bits per heavy atom. The Balaban J connectivity index is 1.69. The van der Waals surface area contributed by atoms with E-state index in [0.29, 0.717) is 18.3 Å². The van der Waals surface area contributed by atoms with Gasteiger partial charge in [0.15, 0.2) is 0 Å². The fourth-order valence-electron chi connectivity index (χ4n) is 2.19. The van der Waals surface area contributed by atoms with Crippen molar-refractivity contribution < 1.29 is 13.5 Å². The van der Waals surface area contributed by atoms with Crippen LogP contribution in [0.4, 0.5) is 0 Å². The maximum Gasteiger partial charge on any atom is 0.242 e. The maximum absolute atomic E-state index is 12.2. The van der Waals surface area contributed by atoms with Gasteiger partial charge in [-0.15, -0.1) is 5.10 Å². The molecule has 0 atom stereocenters. The van der Waals surface area contributed by atoms with Crippen LogP contribution in [-0.4, -0.2) is 39.6 Å². The second-order valence-electron chi connectivity index (χ2n) is 5.03. The van der Waals surface area contributed by atoms with E-state index in [9.17, 15) is 13.5 Å². The average molecular weight is 311 g/mol. The van der Waals surface area contributed by atoms with Crippen LogP contribution in [0.5, 0.6) is 0 Å². The van der Waals surface area contributed by atoms with Crippen LogP contribution in [0.15, 0.2) is 29.6 Å². The highest BCUT2D eigenvalue weighted by atomic mass is 32.2. The van der Waals surface area contributed by atoms with E-state index in [1.807, 2.05) is 4.57 Å². The Hall–Kier alpha value is -1.71. The number of aliphatic hydroxyl groups is 1. The van der Waals surface area contributed by atoms with E-state index < -0.39 is 10.0 Å². The molecule has 0 aliphatic heterocycles. The lowest BCUT2D eigenvalue weighted by molar-refractivity contribution is 0.270. The van der Waals surface area contributed by atoms with E-state index in [2.05, 4.69) is 15.0 Å². The van der Waals surface area contributed by atoms with Gasteiger partial charge in [0.05, 0.1) is 24.2 Å². The summed E-state index contributed by atoms with van der Waals surface area (Å²) in [6.45, 7) is 0.481. The average Bonchev–Trinajstić information content (AvgIpc) is 3.00. The Labute approximate surface area is 122 Å². The molecular weight excluding hydrogens is 294 g/mol. The summed E-state index contributed by atoms with van der Waals surface area (Å²) in [7, 11) is -3.57. The van der Waals surface area contributed by atoms with Crippen LogP contribution >= 0.6 is 0 Å². The first-order valence-corrected chi connectivity index (χ1v) is 8.24. The highest BCUT2D eigenvalue weighted by Gasteiger charge is 2.27. The highest BCUT2D eigenvalue weighted by Crippen LogP contribution is 2.37. The van der Waals surface area contributed by atoms with Crippen LogP contribution in [-0.2, 0) is 23.2 Å². The molecule has 9 heteroatoms. The molecule has 1 aliphatic carbocycles. The van der Waals surface area contributed by atoms with Gasteiger partial charge in [0.1, 0.15) is 0 Å². The van der Waals surface area contributed by atoms with Crippen molar-refractivity contribution >= 4 is 10.0 Å². The summed E-state index contributed by atoms with van der Waals surface area (Å²) in [6.07, 6.45) is 6.86. The van der Waals surface area contributed by atoms with Crippen molar-refractivity contribution in [1.82, 2.24) is 24.3 Å². The van der Waals surface area contributed by atoms with E-state index in [1.54, 1.807) is 17.1 Å². The molecule has 2 heterocycles. The number of sulfonamides is 1. The van der Waals surface area contributed by atoms with Gasteiger partial charge in [-0.1, -0.05) is 5.21 Å². The number of rotatable bonds is 7. The molecule has 8 nitrogen and oxygen atoms in total. The summed E-state index contributed by atoms with van der Waals surface area (Å²) >= 11 is 0. The summed E-state index contributed by atoms with van der Waals surface area (Å²) < 4.78 is 30.4. The van der Waals surface area contributed by atoms with Gasteiger partial charge in [0.2, 0.25) is 10.0 Å². The summed E-state index contributed by atoms with van der Waals surface area (Å²) in [5, 5.41) is 16.7. The second-order valence-corrected chi connectivity index (χ2v) is 6.79. The van der Waals surface area contributed by atoms with Gasteiger partial charge >= 0.3 is 0 Å². The molecule has 114 valence electrons. The van der Waals surface area contributed by atoms with Crippen LogP contribution in [0.25, 0.3) is 0 Å². The number of hydrogen-bond acceptors (Lipinski definition) is 5. The molecule has 0 saturated heterocycles. The quantitative estimate of drug-likeness (QED) is 0.742. The molecule has 1 fully saturated rings. The van der Waals surface area contributed by atoms with Gasteiger partial charge < -0.3 is 9.67 Å². The topological polar surface area (TPSA) is 102 Å². The molecule has 2 aromatic rings. The first kappa shape index (κ1) is 14.2. The molecule has 0 aromatic carbocycles. The molecule has 2 N–H and O–H groups in total. The van der Waals surface area contributed by atoms with E-state index >= 15 is 0 Å². The number of nitrogens with zero attached hydrogens (tertiary/aromatic N) is 4. The minimum Gasteiger partial charge on any atom is -0.390 e. The Kier molecular flexibility index (Phi) is 3.79. The lowest BCUT2D eigenvalue weighted by Gasteiger charge is -2.05. The van der Waals surface area contributed by atoms with Gasteiger partial charge in [0.25, 0.3) is 0 Å². The van der Waals surface area contributed by atoms with Crippen LogP contribution in [0.1, 0.15) is 24.6 Å². The molecule has 2 aromatic heterocycles. The lowest BCUT2D eigenvalue weighted by atomic mass is 10.4. The molecule has 0 spiro atoms. The maximum atomic E-state index is 12.2. The van der Waals surface area contributed by atoms with E-state index in [-0.39, 0.29) is 18.0 Å². The number of nitrogens with one attached hydrogen (secondary N) is 1. The normalized spacial score (nSPS) is 15.5. The SMILES string of the molecule is O=S(=O)(NCCn1ccnn1)c1cc(CO)n(C2CC2)c1. The monoisotopic (exact) mass is 311 g/mol. The summed E-state index contributed by atoms with van der Waals surface area (Å²) in [6, 6.07) is 1.85. The van der Waals surface area contributed by atoms with Gasteiger partial charge in [-0.25, -0.2) is 13.1 Å². The predicted molar refractivity (Wildman–Crippen MR) is 73.8 cm³/mol. The third kappa shape index (κ3) is 3.14. The van der Waals surface area contributed by atoms with Crippen LogP contribution in [0.2, 0.25) is 0 Å². The largest absolute Gasteiger partial charge is 0.390 e. The second kappa shape index (κ2) is 5.58. The standard InChI is InChI=1S/C12H17N5O3S/c18-9-11-7-12(8-17(11)10-1-2-10)21(19,20)14-4-6-16-5-3-13-15-16/h3,5,7-8,10,14,18H,1-2,4,6,9H2. The zero-order valence-corrected chi connectivity index (χ0v) is 12.2. The zero-order chi connectivity index (χ0) is 14.9. The Morgan fingerprint density at radius 1 is 1.43 bits per heavy atom. The summed E-state index contributed by atoms with van der Waals surface area (Å²) in [4.78, 5) is 0.192. The van der Waals surface area contributed by atoms with Crippen molar-refractivity contribution in [3.63, 3.8) is 0 Å². The molecule has 21 heavy (non-hydrogen) atoms. The van der Waals surface area contributed by atoms with E-state index in [0.717, 1.165) is 12.8 Å². The first-order chi connectivity index (χ1) is 10.1. The minimum atomic E-state index is -3.57. The number of hydrogen-bond donors (Lipinski definition) is 2. The van der Waals surface area contributed by atoms with Crippen molar-refractivity contribution in [2.75, 3.05) is 6.54 Å². The summed E-state index contributed by atoms with van der Waals surface area (Å²) in [5.74, 6) is 0. The van der Waals surface area contributed by atoms with Crippen molar-refractivity contribution in [2.45, 2.75) is 36.9 Å². The van der Waals surface area contributed by atoms with Gasteiger partial charge in [0, 0.05) is 30.7 Å². The van der Waals surface area contributed by atoms with Crippen molar-refractivity contribution in [1.29, 1.82) is 0 Å². The number of aliphatic hydroxyl groups excluding tert-OH is 1. The predicted octanol–water partition coefficient (Wildman–Crippen LogP) is -0.115. The van der Waals surface area contributed by atoms with Crippen molar-refractivity contribution in [2.24, 2.45) is 0 Å². The van der Waals surface area contributed by atoms with Crippen molar-refractivity contribution in [3.05, 3.63) is 30.4 Å². The van der Waals surface area contributed by atoms with Crippen LogP contribution in [0, 0.1) is 0 Å². The fraction of sp³-hybridized carbons (Fsp3) is 0.500. The lowest BCUT2D eigenvalue weighted by Crippen LogP contribution is -2.27. The van der Waals surface area contributed by atoms with Crippen LogP contribution < -0.4 is 4.72 Å². The molecule has 3 rings (SSSR count). The molecule has 0 unspecified atom stereocenters. The molecule has 0 radical (unpaired) electrons. The summed E-state index contributed by atoms with van der Waals surface area (Å²) in [5.41, 5.74) is 0.633. The minimum absolute atomic E-state index is 0.162. The zero-order valence-electron chi connectivity index (χ0n) is 11.4. The molecule has 1 saturated carbocycles. The fourth-order valence-corrected chi connectivity index (χ4v) is 3.26. The molecule has 0 amide bonds. The Morgan fingerprint density at radius 3 is 2.86 bits per heavy atom. The highest BCUT2D eigenvalue weighted by molar-refractivity contribution is 7.89. The van der Waals surface area contributed by atoms with E-state index in [4.69, 9.17) is 0 Å². The van der Waals surface area contributed by atoms with Crippen molar-refractivity contribution in [3.8, 4) is 0 Å². The third-order valence-electron chi connectivity index (χ3n) is 3.42.